The molecule has 1 aliphatic rings. The van der Waals surface area contributed by atoms with Gasteiger partial charge in [0.1, 0.15) is 23.8 Å². The molecular weight excluding hydrogens is 232 g/mol. The van der Waals surface area contributed by atoms with E-state index in [0.717, 1.165) is 12.1 Å². The van der Waals surface area contributed by atoms with E-state index in [4.69, 9.17) is 9.84 Å². The van der Waals surface area contributed by atoms with Crippen molar-refractivity contribution in [2.75, 3.05) is 13.2 Å². The number of halogens is 2. The molecule has 1 fully saturated rings. The van der Waals surface area contributed by atoms with Gasteiger partial charge in [-0.15, -0.1) is 0 Å². The van der Waals surface area contributed by atoms with Gasteiger partial charge in [0.15, 0.2) is 0 Å². The second kappa shape index (κ2) is 4.77. The van der Waals surface area contributed by atoms with Crippen molar-refractivity contribution in [3.8, 4) is 0 Å². The third-order valence-corrected chi connectivity index (χ3v) is 2.63. The lowest BCUT2D eigenvalue weighted by molar-refractivity contribution is -0.144. The number of carboxylic acids is 1. The monoisotopic (exact) mass is 243 g/mol. The number of morpholine rings is 1. The van der Waals surface area contributed by atoms with Crippen molar-refractivity contribution in [3.63, 3.8) is 0 Å². The molecule has 2 rings (SSSR count). The van der Waals surface area contributed by atoms with Gasteiger partial charge >= 0.3 is 5.97 Å². The summed E-state index contributed by atoms with van der Waals surface area (Å²) in [6, 6.07) is 2.72. The Hall–Kier alpha value is -1.53. The first-order valence-corrected chi connectivity index (χ1v) is 5.11. The lowest BCUT2D eigenvalue weighted by Gasteiger charge is -2.28. The number of rotatable bonds is 2. The van der Waals surface area contributed by atoms with Gasteiger partial charge in [0.25, 0.3) is 0 Å². The second-order valence-corrected chi connectivity index (χ2v) is 3.76. The van der Waals surface area contributed by atoms with E-state index in [2.05, 4.69) is 5.32 Å². The Morgan fingerprint density at radius 3 is 2.53 bits per heavy atom. The number of carboxylic acid groups (broad SMARTS) is 1. The topological polar surface area (TPSA) is 58.6 Å². The SMILES string of the molecule is O=C(O)C1COC(c2c(F)cccc2F)CN1. The Kier molecular flexibility index (Phi) is 3.35. The first-order valence-electron chi connectivity index (χ1n) is 5.11. The van der Waals surface area contributed by atoms with Gasteiger partial charge in [0.05, 0.1) is 12.2 Å². The van der Waals surface area contributed by atoms with Crippen molar-refractivity contribution in [1.82, 2.24) is 5.32 Å². The van der Waals surface area contributed by atoms with E-state index in [-0.39, 0.29) is 18.7 Å². The zero-order valence-electron chi connectivity index (χ0n) is 8.82. The maximum absolute atomic E-state index is 13.4. The number of hydrogen-bond acceptors (Lipinski definition) is 3. The van der Waals surface area contributed by atoms with Crippen LogP contribution in [0.2, 0.25) is 0 Å². The summed E-state index contributed by atoms with van der Waals surface area (Å²) < 4.78 is 32.0. The van der Waals surface area contributed by atoms with Crippen LogP contribution in [0.1, 0.15) is 11.7 Å². The average Bonchev–Trinajstić information content (AvgIpc) is 2.29. The minimum Gasteiger partial charge on any atom is -0.480 e. The number of ether oxygens (including phenoxy) is 1. The minimum absolute atomic E-state index is 0.0643. The average molecular weight is 243 g/mol. The largest absolute Gasteiger partial charge is 0.480 e. The van der Waals surface area contributed by atoms with Crippen LogP contribution in [0.25, 0.3) is 0 Å². The normalized spacial score (nSPS) is 24.6. The molecule has 2 unspecified atom stereocenters. The summed E-state index contributed by atoms with van der Waals surface area (Å²) in [6.45, 7) is -0.0530. The van der Waals surface area contributed by atoms with Crippen LogP contribution in [-0.4, -0.2) is 30.3 Å². The summed E-state index contributed by atoms with van der Waals surface area (Å²) in [7, 11) is 0. The van der Waals surface area contributed by atoms with Crippen molar-refractivity contribution in [2.45, 2.75) is 12.1 Å². The summed E-state index contributed by atoms with van der Waals surface area (Å²) in [6.07, 6.45) is -0.799. The molecule has 2 atom stereocenters. The molecule has 0 aliphatic carbocycles. The highest BCUT2D eigenvalue weighted by molar-refractivity contribution is 5.73. The minimum atomic E-state index is -1.04. The molecule has 0 spiro atoms. The smallest absolute Gasteiger partial charge is 0.323 e. The van der Waals surface area contributed by atoms with Gasteiger partial charge < -0.3 is 9.84 Å². The van der Waals surface area contributed by atoms with Crippen LogP contribution in [0.15, 0.2) is 18.2 Å². The van der Waals surface area contributed by atoms with Crippen molar-refractivity contribution in [2.24, 2.45) is 0 Å². The molecule has 0 saturated carbocycles. The van der Waals surface area contributed by atoms with E-state index in [9.17, 15) is 13.6 Å². The zero-order valence-corrected chi connectivity index (χ0v) is 8.82. The van der Waals surface area contributed by atoms with Crippen LogP contribution in [0.4, 0.5) is 8.78 Å². The first kappa shape index (κ1) is 11.9. The molecule has 6 heteroatoms. The molecule has 92 valence electrons. The zero-order chi connectivity index (χ0) is 12.4. The lowest BCUT2D eigenvalue weighted by Crippen LogP contribution is -2.47. The van der Waals surface area contributed by atoms with Crippen molar-refractivity contribution < 1.29 is 23.4 Å². The molecule has 2 N–H and O–H groups in total. The van der Waals surface area contributed by atoms with Gasteiger partial charge in [0, 0.05) is 6.54 Å². The molecule has 1 aliphatic heterocycles. The number of aliphatic carboxylic acids is 1. The van der Waals surface area contributed by atoms with Crippen LogP contribution < -0.4 is 5.32 Å². The summed E-state index contributed by atoms with van der Waals surface area (Å²) in [5, 5.41) is 11.4. The van der Waals surface area contributed by atoms with Gasteiger partial charge in [-0.25, -0.2) is 8.78 Å². The van der Waals surface area contributed by atoms with Gasteiger partial charge in [-0.1, -0.05) is 6.07 Å². The summed E-state index contributed by atoms with van der Waals surface area (Å²) in [4.78, 5) is 10.6. The van der Waals surface area contributed by atoms with E-state index in [1.807, 2.05) is 0 Å². The molecule has 4 nitrogen and oxygen atoms in total. The van der Waals surface area contributed by atoms with Crippen molar-refractivity contribution >= 4 is 5.97 Å². The standard InChI is InChI=1S/C11H11F2NO3/c12-6-2-1-3-7(13)10(6)9-4-14-8(5-17-9)11(15)16/h1-3,8-9,14H,4-5H2,(H,15,16). The molecule has 0 bridgehead atoms. The molecule has 17 heavy (non-hydrogen) atoms. The quantitative estimate of drug-likeness (QED) is 0.816. The van der Waals surface area contributed by atoms with E-state index in [0.29, 0.717) is 0 Å². The summed E-state index contributed by atoms with van der Waals surface area (Å²) in [5.41, 5.74) is -0.163. The maximum Gasteiger partial charge on any atom is 0.323 e. The lowest BCUT2D eigenvalue weighted by atomic mass is 10.1. The van der Waals surface area contributed by atoms with E-state index < -0.39 is 29.7 Å². The third kappa shape index (κ3) is 2.42. The van der Waals surface area contributed by atoms with Crippen molar-refractivity contribution in [1.29, 1.82) is 0 Å². The summed E-state index contributed by atoms with van der Waals surface area (Å²) >= 11 is 0. The second-order valence-electron chi connectivity index (χ2n) is 3.76. The molecule has 1 aromatic carbocycles. The van der Waals surface area contributed by atoms with Crippen molar-refractivity contribution in [3.05, 3.63) is 35.4 Å². The Bertz CT molecular complexity index is 410. The predicted octanol–water partition coefficient (Wildman–Crippen LogP) is 1.08. The predicted molar refractivity (Wildman–Crippen MR) is 54.5 cm³/mol. The fourth-order valence-electron chi connectivity index (χ4n) is 1.74. The molecular formula is C11H11F2NO3. The van der Waals surface area contributed by atoms with Crippen LogP contribution in [0, 0.1) is 11.6 Å². The molecule has 0 radical (unpaired) electrons. The number of hydrogen-bond donors (Lipinski definition) is 2. The summed E-state index contributed by atoms with van der Waals surface area (Å²) in [5.74, 6) is -2.42. The Morgan fingerprint density at radius 1 is 1.41 bits per heavy atom. The highest BCUT2D eigenvalue weighted by Gasteiger charge is 2.29. The van der Waals surface area contributed by atoms with Crippen LogP contribution >= 0.6 is 0 Å². The number of carbonyl (C=O) groups is 1. The van der Waals surface area contributed by atoms with Gasteiger partial charge in [0.2, 0.25) is 0 Å². The van der Waals surface area contributed by atoms with E-state index in [1.54, 1.807) is 0 Å². The molecule has 1 heterocycles. The fourth-order valence-corrected chi connectivity index (χ4v) is 1.74. The van der Waals surface area contributed by atoms with Crippen LogP contribution in [0.5, 0.6) is 0 Å². The number of benzene rings is 1. The van der Waals surface area contributed by atoms with Crippen LogP contribution in [0.3, 0.4) is 0 Å². The van der Waals surface area contributed by atoms with Crippen LogP contribution in [-0.2, 0) is 9.53 Å². The Labute approximate surface area is 96.2 Å². The molecule has 0 aromatic heterocycles. The molecule has 1 aromatic rings. The third-order valence-electron chi connectivity index (χ3n) is 2.63. The van der Waals surface area contributed by atoms with Gasteiger partial charge in [-0.05, 0) is 12.1 Å². The van der Waals surface area contributed by atoms with E-state index >= 15 is 0 Å². The fraction of sp³-hybridized carbons (Fsp3) is 0.364. The molecule has 1 saturated heterocycles. The Balaban J connectivity index is 2.13. The van der Waals surface area contributed by atoms with Gasteiger partial charge in [-0.3, -0.25) is 10.1 Å². The highest BCUT2D eigenvalue weighted by atomic mass is 19.1. The number of nitrogens with one attached hydrogen (secondary N) is 1. The van der Waals surface area contributed by atoms with Gasteiger partial charge in [-0.2, -0.15) is 0 Å². The maximum atomic E-state index is 13.4. The first-order chi connectivity index (χ1) is 8.09. The Morgan fingerprint density at radius 2 is 2.06 bits per heavy atom. The van der Waals surface area contributed by atoms with E-state index in [1.165, 1.54) is 6.07 Å². The molecule has 0 amide bonds. The highest BCUT2D eigenvalue weighted by Crippen LogP contribution is 2.25.